The summed E-state index contributed by atoms with van der Waals surface area (Å²) in [5.41, 5.74) is 1.29. The molecule has 0 atom stereocenters. The summed E-state index contributed by atoms with van der Waals surface area (Å²) in [6, 6.07) is 14.6. The molecule has 0 aliphatic rings. The fourth-order valence-corrected chi connectivity index (χ4v) is 4.32. The Kier molecular flexibility index (Phi) is 7.70. The van der Waals surface area contributed by atoms with Crippen LogP contribution in [0.25, 0.3) is 12.2 Å². The molecule has 0 heterocycles. The van der Waals surface area contributed by atoms with Gasteiger partial charge in [-0.25, -0.2) is 4.39 Å². The maximum Gasteiger partial charge on any atom is 0.203 e. The van der Waals surface area contributed by atoms with Gasteiger partial charge in [-0.1, -0.05) is 41.1 Å². The summed E-state index contributed by atoms with van der Waals surface area (Å²) >= 11 is 0. The standard InChI is InChI=1S/C24H26FNO6S/c1-29-21-14-17(15-22(30-2)24(21)32-4)11-10-16-12-19(25)23(31-3)20(13-16)26-33(27,28)18-8-6-5-7-9-18/h5-15,26-28H,1-4H3/b11-10-. The number of rotatable bonds is 9. The molecule has 7 nitrogen and oxygen atoms in total. The molecule has 0 saturated carbocycles. The Morgan fingerprint density at radius 2 is 1.30 bits per heavy atom. The van der Waals surface area contributed by atoms with Crippen LogP contribution < -0.4 is 23.7 Å². The first-order chi connectivity index (χ1) is 15.8. The lowest BCUT2D eigenvalue weighted by molar-refractivity contribution is 0.324. The Labute approximate surface area is 193 Å². The summed E-state index contributed by atoms with van der Waals surface area (Å²) in [6.45, 7) is 0. The van der Waals surface area contributed by atoms with Crippen LogP contribution >= 0.6 is 10.8 Å². The van der Waals surface area contributed by atoms with Gasteiger partial charge in [0.15, 0.2) is 23.1 Å². The van der Waals surface area contributed by atoms with Gasteiger partial charge < -0.3 is 18.9 Å². The molecule has 3 aromatic carbocycles. The number of ether oxygens (including phenoxy) is 4. The van der Waals surface area contributed by atoms with E-state index < -0.39 is 16.6 Å². The second kappa shape index (κ2) is 10.5. The van der Waals surface area contributed by atoms with Gasteiger partial charge in [-0.05, 0) is 47.5 Å². The smallest absolute Gasteiger partial charge is 0.203 e. The summed E-state index contributed by atoms with van der Waals surface area (Å²) in [4.78, 5) is 0.269. The van der Waals surface area contributed by atoms with Crippen molar-refractivity contribution in [3.63, 3.8) is 0 Å². The fourth-order valence-electron chi connectivity index (χ4n) is 3.21. The van der Waals surface area contributed by atoms with Crippen molar-refractivity contribution >= 4 is 28.6 Å². The molecular formula is C24H26FNO6S. The van der Waals surface area contributed by atoms with E-state index in [1.165, 1.54) is 34.5 Å². The van der Waals surface area contributed by atoms with Crippen molar-refractivity contribution in [3.8, 4) is 23.0 Å². The van der Waals surface area contributed by atoms with Crippen LogP contribution in [0.4, 0.5) is 10.1 Å². The first-order valence-corrected chi connectivity index (χ1v) is 11.3. The Bertz CT molecular complexity index is 1110. The van der Waals surface area contributed by atoms with Crippen molar-refractivity contribution in [1.82, 2.24) is 0 Å². The number of hydrogen-bond acceptors (Lipinski definition) is 7. The van der Waals surface area contributed by atoms with Crippen molar-refractivity contribution in [2.45, 2.75) is 4.90 Å². The molecule has 0 fully saturated rings. The molecule has 0 unspecified atom stereocenters. The molecule has 0 amide bonds. The van der Waals surface area contributed by atoms with Gasteiger partial charge in [0, 0.05) is 0 Å². The Hall–Kier alpha value is -3.40. The molecule has 3 aromatic rings. The third-order valence-corrected chi connectivity index (χ3v) is 6.18. The monoisotopic (exact) mass is 475 g/mol. The molecule has 0 spiro atoms. The van der Waals surface area contributed by atoms with E-state index in [1.54, 1.807) is 60.7 Å². The molecule has 0 radical (unpaired) electrons. The van der Waals surface area contributed by atoms with Crippen LogP contribution in [0.1, 0.15) is 11.1 Å². The minimum Gasteiger partial charge on any atom is -0.493 e. The molecule has 3 N–H and O–H groups in total. The first kappa shape index (κ1) is 24.2. The maximum atomic E-state index is 14.7. The summed E-state index contributed by atoms with van der Waals surface area (Å²) in [5.74, 6) is 0.643. The quantitative estimate of drug-likeness (QED) is 0.319. The molecule has 176 valence electrons. The van der Waals surface area contributed by atoms with Gasteiger partial charge in [0.1, 0.15) is 0 Å². The molecular weight excluding hydrogens is 449 g/mol. The van der Waals surface area contributed by atoms with Crippen LogP contribution in [0, 0.1) is 5.82 Å². The third kappa shape index (κ3) is 5.51. The van der Waals surface area contributed by atoms with Gasteiger partial charge in [-0.3, -0.25) is 13.8 Å². The Balaban J connectivity index is 1.97. The molecule has 9 heteroatoms. The molecule has 33 heavy (non-hydrogen) atoms. The molecule has 0 aliphatic heterocycles. The number of benzene rings is 3. The lowest BCUT2D eigenvalue weighted by Crippen LogP contribution is -2.11. The lowest BCUT2D eigenvalue weighted by atomic mass is 10.1. The number of nitrogens with one attached hydrogen (secondary N) is 1. The number of halogens is 1. The average molecular weight is 476 g/mol. The highest BCUT2D eigenvalue weighted by Gasteiger charge is 2.20. The maximum absolute atomic E-state index is 14.7. The highest BCUT2D eigenvalue weighted by Crippen LogP contribution is 2.49. The Morgan fingerprint density at radius 3 is 1.82 bits per heavy atom. The molecule has 0 bridgehead atoms. The van der Waals surface area contributed by atoms with Crippen LogP contribution in [0.3, 0.4) is 0 Å². The summed E-state index contributed by atoms with van der Waals surface area (Å²) in [5, 5.41) is 0. The Morgan fingerprint density at radius 1 is 0.758 bits per heavy atom. The minimum absolute atomic E-state index is 0.103. The molecule has 0 aliphatic carbocycles. The van der Waals surface area contributed by atoms with Crippen molar-refractivity contribution in [2.75, 3.05) is 33.2 Å². The van der Waals surface area contributed by atoms with Crippen LogP contribution in [0.5, 0.6) is 23.0 Å². The average Bonchev–Trinajstić information content (AvgIpc) is 2.82. The van der Waals surface area contributed by atoms with E-state index in [0.29, 0.717) is 22.8 Å². The van der Waals surface area contributed by atoms with E-state index in [1.807, 2.05) is 0 Å². The van der Waals surface area contributed by atoms with Gasteiger partial charge in [0.25, 0.3) is 0 Å². The summed E-state index contributed by atoms with van der Waals surface area (Å²) < 4.78 is 59.8. The van der Waals surface area contributed by atoms with Crippen LogP contribution in [-0.4, -0.2) is 37.5 Å². The largest absolute Gasteiger partial charge is 0.493 e. The predicted octanol–water partition coefficient (Wildman–Crippen LogP) is 6.17. The van der Waals surface area contributed by atoms with Crippen LogP contribution in [0.2, 0.25) is 0 Å². The highest BCUT2D eigenvalue weighted by atomic mass is 32.3. The van der Waals surface area contributed by atoms with Crippen LogP contribution in [-0.2, 0) is 0 Å². The zero-order chi connectivity index (χ0) is 24.0. The van der Waals surface area contributed by atoms with E-state index in [2.05, 4.69) is 4.72 Å². The van der Waals surface area contributed by atoms with Crippen molar-refractivity contribution < 1.29 is 32.4 Å². The van der Waals surface area contributed by atoms with E-state index in [-0.39, 0.29) is 16.3 Å². The van der Waals surface area contributed by atoms with Gasteiger partial charge in [0.05, 0.1) is 39.0 Å². The zero-order valence-corrected chi connectivity index (χ0v) is 19.5. The first-order valence-electron chi connectivity index (χ1n) is 9.79. The summed E-state index contributed by atoms with van der Waals surface area (Å²) in [6.07, 6.45) is 3.41. The normalized spacial score (nSPS) is 11.8. The van der Waals surface area contributed by atoms with Crippen LogP contribution in [0.15, 0.2) is 59.5 Å². The lowest BCUT2D eigenvalue weighted by Gasteiger charge is -2.34. The van der Waals surface area contributed by atoms with Crippen molar-refractivity contribution in [2.24, 2.45) is 0 Å². The van der Waals surface area contributed by atoms with E-state index in [0.717, 1.165) is 5.56 Å². The fraction of sp³-hybridized carbons (Fsp3) is 0.167. The number of hydrogen-bond donors (Lipinski definition) is 3. The van der Waals surface area contributed by atoms with Crippen molar-refractivity contribution in [3.05, 3.63) is 71.5 Å². The number of methoxy groups -OCH3 is 4. The molecule has 0 saturated heterocycles. The number of anilines is 1. The van der Waals surface area contributed by atoms with Gasteiger partial charge in [-0.2, -0.15) is 0 Å². The van der Waals surface area contributed by atoms with Gasteiger partial charge >= 0.3 is 0 Å². The van der Waals surface area contributed by atoms with E-state index >= 15 is 0 Å². The van der Waals surface area contributed by atoms with Gasteiger partial charge in [0.2, 0.25) is 5.75 Å². The predicted molar refractivity (Wildman–Crippen MR) is 129 cm³/mol. The SMILES string of the molecule is COc1cc(/C=C\c2cc(F)c(OC)c(NS(O)(O)c3ccccc3)c2)cc(OC)c1OC. The van der Waals surface area contributed by atoms with Gasteiger partial charge in [-0.15, -0.1) is 0 Å². The summed E-state index contributed by atoms with van der Waals surface area (Å²) in [7, 11) is 2.43. The molecule has 3 rings (SSSR count). The second-order valence-corrected chi connectivity index (χ2v) is 8.61. The van der Waals surface area contributed by atoms with Crippen molar-refractivity contribution in [1.29, 1.82) is 0 Å². The zero-order valence-electron chi connectivity index (χ0n) is 18.7. The topological polar surface area (TPSA) is 89.4 Å². The molecule has 0 aromatic heterocycles. The van der Waals surface area contributed by atoms with E-state index in [4.69, 9.17) is 18.9 Å². The highest BCUT2D eigenvalue weighted by molar-refractivity contribution is 8.25. The second-order valence-electron chi connectivity index (χ2n) is 6.84. The third-order valence-electron chi connectivity index (χ3n) is 4.75. The van der Waals surface area contributed by atoms with E-state index in [9.17, 15) is 13.5 Å². The minimum atomic E-state index is -3.44.